The Morgan fingerprint density at radius 2 is 1.93 bits per heavy atom. The minimum atomic E-state index is -4.54. The maximum Gasteiger partial charge on any atom is 0.417 e. The number of nitrogens with one attached hydrogen (secondary N) is 2. The molecule has 1 amide bonds. The van der Waals surface area contributed by atoms with Gasteiger partial charge in [0.25, 0.3) is 0 Å². The van der Waals surface area contributed by atoms with Crippen LogP contribution in [0.25, 0.3) is 11.3 Å². The second-order valence-corrected chi connectivity index (χ2v) is 6.25. The molecule has 0 aliphatic carbocycles. The Morgan fingerprint density at radius 3 is 2.55 bits per heavy atom. The van der Waals surface area contributed by atoms with Crippen LogP contribution in [0.2, 0.25) is 5.02 Å². The molecule has 0 saturated carbocycles. The van der Waals surface area contributed by atoms with E-state index in [1.54, 1.807) is 42.6 Å². The van der Waals surface area contributed by atoms with E-state index in [4.69, 9.17) is 11.6 Å². The molecule has 9 heteroatoms. The zero-order chi connectivity index (χ0) is 21.0. The highest BCUT2D eigenvalue weighted by atomic mass is 35.5. The fourth-order valence-electron chi connectivity index (χ4n) is 2.47. The fraction of sp³-hybridized carbons (Fsp3) is 0.0500. The van der Waals surface area contributed by atoms with Crippen LogP contribution < -0.4 is 10.6 Å². The summed E-state index contributed by atoms with van der Waals surface area (Å²) in [6.45, 7) is 3.41. The number of alkyl halides is 3. The van der Waals surface area contributed by atoms with E-state index in [1.165, 1.54) is 0 Å². The maximum absolute atomic E-state index is 12.8. The first-order valence-electron chi connectivity index (χ1n) is 8.26. The molecule has 0 bridgehead atoms. The molecular formula is C20H14ClF3N4O. The lowest BCUT2D eigenvalue weighted by Crippen LogP contribution is -2.08. The van der Waals surface area contributed by atoms with Gasteiger partial charge < -0.3 is 10.6 Å². The third-order valence-electron chi connectivity index (χ3n) is 3.83. The quantitative estimate of drug-likeness (QED) is 0.523. The Bertz CT molecular complexity index is 1060. The van der Waals surface area contributed by atoms with Gasteiger partial charge in [0.15, 0.2) is 0 Å². The SMILES string of the molecule is C=CC(=O)Nc1ccc(Nc2ncc(C(F)(F)F)cc2Cl)c(-c2ccccn2)c1. The third kappa shape index (κ3) is 4.91. The minimum Gasteiger partial charge on any atom is -0.338 e. The first-order chi connectivity index (χ1) is 13.8. The van der Waals surface area contributed by atoms with Gasteiger partial charge in [-0.3, -0.25) is 9.78 Å². The summed E-state index contributed by atoms with van der Waals surface area (Å²) in [6, 6.07) is 11.0. The van der Waals surface area contributed by atoms with Crippen molar-refractivity contribution in [2.45, 2.75) is 6.18 Å². The van der Waals surface area contributed by atoms with Gasteiger partial charge in [0, 0.05) is 29.3 Å². The van der Waals surface area contributed by atoms with Gasteiger partial charge >= 0.3 is 6.18 Å². The number of nitrogens with zero attached hydrogens (tertiary/aromatic N) is 2. The topological polar surface area (TPSA) is 66.9 Å². The van der Waals surface area contributed by atoms with Crippen molar-refractivity contribution in [2.75, 3.05) is 10.6 Å². The van der Waals surface area contributed by atoms with Gasteiger partial charge in [0.2, 0.25) is 5.91 Å². The minimum absolute atomic E-state index is 0.0553. The summed E-state index contributed by atoms with van der Waals surface area (Å²) in [4.78, 5) is 19.7. The number of anilines is 3. The normalized spacial score (nSPS) is 11.0. The summed E-state index contributed by atoms with van der Waals surface area (Å²) < 4.78 is 38.5. The van der Waals surface area contributed by atoms with Crippen molar-refractivity contribution >= 4 is 34.7 Å². The van der Waals surface area contributed by atoms with Crippen LogP contribution in [0.3, 0.4) is 0 Å². The molecule has 0 atom stereocenters. The molecular weight excluding hydrogens is 405 g/mol. The Morgan fingerprint density at radius 1 is 1.14 bits per heavy atom. The number of aromatic nitrogens is 2. The number of hydrogen-bond donors (Lipinski definition) is 2. The second-order valence-electron chi connectivity index (χ2n) is 5.85. The van der Waals surface area contributed by atoms with E-state index in [1.807, 2.05) is 0 Å². The number of benzene rings is 1. The van der Waals surface area contributed by atoms with Crippen molar-refractivity contribution in [2.24, 2.45) is 0 Å². The lowest BCUT2D eigenvalue weighted by atomic mass is 10.1. The second kappa shape index (κ2) is 8.32. The molecule has 0 aliphatic rings. The van der Waals surface area contributed by atoms with E-state index in [2.05, 4.69) is 27.2 Å². The van der Waals surface area contributed by atoms with Crippen molar-refractivity contribution < 1.29 is 18.0 Å². The van der Waals surface area contributed by atoms with Crippen LogP contribution in [0.5, 0.6) is 0 Å². The number of pyridine rings is 2. The maximum atomic E-state index is 12.8. The average Bonchev–Trinajstić information content (AvgIpc) is 2.70. The number of hydrogen-bond acceptors (Lipinski definition) is 4. The zero-order valence-corrected chi connectivity index (χ0v) is 15.6. The highest BCUT2D eigenvalue weighted by Crippen LogP contribution is 2.36. The average molecular weight is 419 g/mol. The molecule has 0 spiro atoms. The van der Waals surface area contributed by atoms with Gasteiger partial charge in [0.05, 0.1) is 16.3 Å². The first-order valence-corrected chi connectivity index (χ1v) is 8.64. The molecule has 2 aromatic heterocycles. The van der Waals surface area contributed by atoms with Crippen LogP contribution in [0.15, 0.2) is 67.5 Å². The fourth-order valence-corrected chi connectivity index (χ4v) is 2.68. The van der Waals surface area contributed by atoms with Gasteiger partial charge in [-0.05, 0) is 42.5 Å². The van der Waals surface area contributed by atoms with Crippen molar-refractivity contribution in [3.05, 3.63) is 78.1 Å². The van der Waals surface area contributed by atoms with Crippen molar-refractivity contribution in [1.29, 1.82) is 0 Å². The molecule has 5 nitrogen and oxygen atoms in total. The van der Waals surface area contributed by atoms with E-state index < -0.39 is 11.7 Å². The first kappa shape index (κ1) is 20.3. The molecule has 0 aliphatic heterocycles. The number of carbonyl (C=O) groups is 1. The third-order valence-corrected chi connectivity index (χ3v) is 4.12. The van der Waals surface area contributed by atoms with Crippen molar-refractivity contribution in [3.8, 4) is 11.3 Å². The van der Waals surface area contributed by atoms with E-state index >= 15 is 0 Å². The van der Waals surface area contributed by atoms with Gasteiger partial charge in [-0.25, -0.2) is 4.98 Å². The molecule has 2 N–H and O–H groups in total. The summed E-state index contributed by atoms with van der Waals surface area (Å²) in [5, 5.41) is 5.39. The van der Waals surface area contributed by atoms with E-state index in [-0.39, 0.29) is 16.7 Å². The van der Waals surface area contributed by atoms with Crippen LogP contribution in [-0.4, -0.2) is 15.9 Å². The van der Waals surface area contributed by atoms with Crippen LogP contribution in [0, 0.1) is 0 Å². The molecule has 148 valence electrons. The standard InChI is InChI=1S/C20H14ClF3N4O/c1-2-18(29)27-13-6-7-17(14(10-13)16-5-3-4-8-25-16)28-19-15(21)9-12(11-26-19)20(22,23)24/h2-11H,1H2,(H,26,28)(H,27,29). The summed E-state index contributed by atoms with van der Waals surface area (Å²) >= 11 is 5.99. The van der Waals surface area contributed by atoms with E-state index in [9.17, 15) is 18.0 Å². The molecule has 0 radical (unpaired) electrons. The highest BCUT2D eigenvalue weighted by molar-refractivity contribution is 6.33. The van der Waals surface area contributed by atoms with Crippen molar-refractivity contribution in [3.63, 3.8) is 0 Å². The predicted octanol–water partition coefficient (Wildman–Crippen LogP) is 5.68. The van der Waals surface area contributed by atoms with Crippen LogP contribution in [0.1, 0.15) is 5.56 Å². The molecule has 0 unspecified atom stereocenters. The summed E-state index contributed by atoms with van der Waals surface area (Å²) in [7, 11) is 0. The van der Waals surface area contributed by atoms with E-state index in [0.717, 1.165) is 12.1 Å². The van der Waals surface area contributed by atoms with Gasteiger partial charge in [-0.1, -0.05) is 24.2 Å². The molecule has 3 aromatic rings. The molecule has 0 saturated heterocycles. The smallest absolute Gasteiger partial charge is 0.338 e. The molecule has 29 heavy (non-hydrogen) atoms. The summed E-state index contributed by atoms with van der Waals surface area (Å²) in [6.07, 6.45) is -1.11. The van der Waals surface area contributed by atoms with Crippen molar-refractivity contribution in [1.82, 2.24) is 9.97 Å². The van der Waals surface area contributed by atoms with Gasteiger partial charge in [-0.15, -0.1) is 0 Å². The molecule has 3 rings (SSSR count). The molecule has 2 heterocycles. The number of carbonyl (C=O) groups excluding carboxylic acids is 1. The predicted molar refractivity (Wildman–Crippen MR) is 106 cm³/mol. The van der Waals surface area contributed by atoms with Crippen LogP contribution in [0.4, 0.5) is 30.4 Å². The summed E-state index contributed by atoms with van der Waals surface area (Å²) in [5.41, 5.74) is 1.21. The lowest BCUT2D eigenvalue weighted by Gasteiger charge is -2.15. The highest BCUT2D eigenvalue weighted by Gasteiger charge is 2.31. The Labute approximate surface area is 169 Å². The number of rotatable bonds is 5. The largest absolute Gasteiger partial charge is 0.417 e. The number of halogens is 4. The Hall–Kier alpha value is -3.39. The van der Waals surface area contributed by atoms with Gasteiger partial charge in [0.1, 0.15) is 5.82 Å². The molecule has 0 fully saturated rings. The van der Waals surface area contributed by atoms with Crippen LogP contribution >= 0.6 is 11.6 Å². The lowest BCUT2D eigenvalue weighted by molar-refractivity contribution is -0.137. The Kier molecular flexibility index (Phi) is 5.84. The molecule has 1 aromatic carbocycles. The monoisotopic (exact) mass is 418 g/mol. The van der Waals surface area contributed by atoms with Crippen LogP contribution in [-0.2, 0) is 11.0 Å². The van der Waals surface area contributed by atoms with Gasteiger partial charge in [-0.2, -0.15) is 13.2 Å². The zero-order valence-electron chi connectivity index (χ0n) is 14.8. The summed E-state index contributed by atoms with van der Waals surface area (Å²) in [5.74, 6) is -0.329. The Balaban J connectivity index is 2.00. The number of amides is 1. The van der Waals surface area contributed by atoms with E-state index in [0.29, 0.717) is 28.8 Å².